The van der Waals surface area contributed by atoms with Crippen LogP contribution in [-0.2, 0) is 10.0 Å². The number of sulfonamides is 1. The predicted molar refractivity (Wildman–Crippen MR) is 103 cm³/mol. The molecule has 0 N–H and O–H groups in total. The fourth-order valence-corrected chi connectivity index (χ4v) is 5.43. The second-order valence-corrected chi connectivity index (χ2v) is 8.80. The van der Waals surface area contributed by atoms with Crippen molar-refractivity contribution < 1.29 is 8.42 Å². The van der Waals surface area contributed by atoms with Gasteiger partial charge in [0.2, 0.25) is 0 Å². The van der Waals surface area contributed by atoms with Gasteiger partial charge in [-0.25, -0.2) is 8.42 Å². The van der Waals surface area contributed by atoms with Gasteiger partial charge in [-0.2, -0.15) is 0 Å². The van der Waals surface area contributed by atoms with Crippen molar-refractivity contribution in [1.82, 2.24) is 4.98 Å². The van der Waals surface area contributed by atoms with Gasteiger partial charge in [-0.05, 0) is 36.8 Å². The summed E-state index contributed by atoms with van der Waals surface area (Å²) in [4.78, 5) is 5.00. The Kier molecular flexibility index (Phi) is 5.50. The lowest BCUT2D eigenvalue weighted by atomic mass is 10.2. The molecule has 0 fully saturated rings. The Balaban J connectivity index is 1.97. The first-order valence-electron chi connectivity index (χ1n) is 8.21. The number of aromatic nitrogens is 1. The van der Waals surface area contributed by atoms with Gasteiger partial charge in [0, 0.05) is 29.4 Å². The highest BCUT2D eigenvalue weighted by molar-refractivity contribution is 7.94. The molecule has 0 unspecified atom stereocenters. The Bertz CT molecular complexity index is 907. The van der Waals surface area contributed by atoms with Crippen molar-refractivity contribution in [2.24, 2.45) is 0 Å². The lowest BCUT2D eigenvalue weighted by Crippen LogP contribution is -2.31. The van der Waals surface area contributed by atoms with Crippen LogP contribution in [0.25, 0.3) is 10.4 Å². The van der Waals surface area contributed by atoms with Gasteiger partial charge >= 0.3 is 0 Å². The van der Waals surface area contributed by atoms with Crippen molar-refractivity contribution in [3.8, 4) is 10.4 Å². The van der Waals surface area contributed by atoms with Crippen molar-refractivity contribution in [3.05, 3.63) is 67.0 Å². The smallest absolute Gasteiger partial charge is 0.266 e. The van der Waals surface area contributed by atoms with E-state index in [0.29, 0.717) is 16.4 Å². The number of thiophene rings is 1. The van der Waals surface area contributed by atoms with E-state index in [0.717, 1.165) is 23.3 Å². The fraction of sp³-hybridized carbons (Fsp3) is 0.211. The van der Waals surface area contributed by atoms with Crippen LogP contribution in [0.1, 0.15) is 19.8 Å². The van der Waals surface area contributed by atoms with E-state index >= 15 is 0 Å². The van der Waals surface area contributed by atoms with E-state index in [2.05, 4.69) is 11.9 Å². The Hall–Kier alpha value is -2.18. The van der Waals surface area contributed by atoms with Crippen molar-refractivity contribution in [3.63, 3.8) is 0 Å². The zero-order chi connectivity index (χ0) is 17.7. The van der Waals surface area contributed by atoms with Crippen LogP contribution in [0.5, 0.6) is 0 Å². The Morgan fingerprint density at radius 1 is 1.04 bits per heavy atom. The summed E-state index contributed by atoms with van der Waals surface area (Å²) in [6, 6.07) is 16.6. The average Bonchev–Trinajstić information content (AvgIpc) is 3.15. The molecule has 2 heterocycles. The van der Waals surface area contributed by atoms with Gasteiger partial charge in [-0.1, -0.05) is 37.6 Å². The number of anilines is 1. The first-order valence-corrected chi connectivity index (χ1v) is 10.5. The molecular formula is C19H20N2O2S2. The summed E-state index contributed by atoms with van der Waals surface area (Å²) in [5, 5.41) is 0. The van der Waals surface area contributed by atoms with Gasteiger partial charge < -0.3 is 0 Å². The molecular weight excluding hydrogens is 352 g/mol. The molecule has 6 heteroatoms. The lowest BCUT2D eigenvalue weighted by molar-refractivity contribution is 0.590. The van der Waals surface area contributed by atoms with Gasteiger partial charge in [0.15, 0.2) is 0 Å². The highest BCUT2D eigenvalue weighted by Gasteiger charge is 2.26. The molecule has 130 valence electrons. The number of rotatable bonds is 7. The standard InChI is InChI=1S/C19H20N2O2S2/c1-2-3-14-21(17-9-5-4-6-10-17)25(22,23)19-12-11-18(24-19)16-8-7-13-20-15-16/h4-13,15H,2-3,14H2,1H3. The van der Waals surface area contributed by atoms with E-state index in [9.17, 15) is 8.42 Å². The molecule has 0 saturated heterocycles. The third-order valence-electron chi connectivity index (χ3n) is 3.83. The molecule has 0 saturated carbocycles. The monoisotopic (exact) mass is 372 g/mol. The molecule has 0 bridgehead atoms. The number of pyridine rings is 1. The van der Waals surface area contributed by atoms with Crippen LogP contribution < -0.4 is 4.31 Å². The minimum absolute atomic E-state index is 0.353. The molecule has 4 nitrogen and oxygen atoms in total. The number of hydrogen-bond donors (Lipinski definition) is 0. The van der Waals surface area contributed by atoms with Gasteiger partial charge in [0.25, 0.3) is 10.0 Å². The largest absolute Gasteiger partial charge is 0.273 e. The fourth-order valence-electron chi connectivity index (χ4n) is 2.52. The predicted octanol–water partition coefficient (Wildman–Crippen LogP) is 4.81. The highest BCUT2D eigenvalue weighted by atomic mass is 32.2. The molecule has 0 amide bonds. The molecule has 0 spiro atoms. The number of para-hydroxylation sites is 1. The molecule has 25 heavy (non-hydrogen) atoms. The minimum atomic E-state index is -3.58. The van der Waals surface area contributed by atoms with Crippen molar-refractivity contribution in [2.45, 2.75) is 24.0 Å². The zero-order valence-corrected chi connectivity index (χ0v) is 15.6. The van der Waals surface area contributed by atoms with Crippen LogP contribution in [0.15, 0.2) is 71.2 Å². The number of nitrogens with zero attached hydrogens (tertiary/aromatic N) is 2. The van der Waals surface area contributed by atoms with E-state index in [-0.39, 0.29) is 0 Å². The molecule has 3 aromatic rings. The number of benzene rings is 1. The zero-order valence-electron chi connectivity index (χ0n) is 14.0. The molecule has 1 aromatic carbocycles. The Labute approximate surface area is 152 Å². The second kappa shape index (κ2) is 7.80. The topological polar surface area (TPSA) is 50.3 Å². The van der Waals surface area contributed by atoms with Crippen LogP contribution in [0.2, 0.25) is 0 Å². The molecule has 0 aliphatic carbocycles. The molecule has 0 aliphatic rings. The van der Waals surface area contributed by atoms with E-state index in [1.807, 2.05) is 48.5 Å². The van der Waals surface area contributed by atoms with Crippen LogP contribution in [0.3, 0.4) is 0 Å². The van der Waals surface area contributed by atoms with Crippen molar-refractivity contribution in [2.75, 3.05) is 10.8 Å². The van der Waals surface area contributed by atoms with Gasteiger partial charge in [0.05, 0.1) is 5.69 Å². The Morgan fingerprint density at radius 3 is 2.52 bits per heavy atom. The first kappa shape index (κ1) is 17.6. The summed E-state index contributed by atoms with van der Waals surface area (Å²) in [6.45, 7) is 2.53. The van der Waals surface area contributed by atoms with Crippen molar-refractivity contribution >= 4 is 27.0 Å². The maximum Gasteiger partial charge on any atom is 0.273 e. The summed E-state index contributed by atoms with van der Waals surface area (Å²) < 4.78 is 28.3. The summed E-state index contributed by atoms with van der Waals surface area (Å²) in [6.07, 6.45) is 5.20. The minimum Gasteiger partial charge on any atom is -0.266 e. The van der Waals surface area contributed by atoms with Crippen LogP contribution in [0, 0.1) is 0 Å². The van der Waals surface area contributed by atoms with Gasteiger partial charge in [0.1, 0.15) is 4.21 Å². The third kappa shape index (κ3) is 3.91. The molecule has 0 atom stereocenters. The van der Waals surface area contributed by atoms with Crippen LogP contribution >= 0.6 is 11.3 Å². The molecule has 0 aliphatic heterocycles. The van der Waals surface area contributed by atoms with Crippen LogP contribution in [0.4, 0.5) is 5.69 Å². The molecule has 2 aromatic heterocycles. The van der Waals surface area contributed by atoms with E-state index in [1.165, 1.54) is 15.6 Å². The normalized spacial score (nSPS) is 11.4. The summed E-state index contributed by atoms with van der Waals surface area (Å²) in [5.41, 5.74) is 1.63. The Morgan fingerprint density at radius 2 is 1.84 bits per heavy atom. The lowest BCUT2D eigenvalue weighted by Gasteiger charge is -2.23. The maximum atomic E-state index is 13.2. The van der Waals surface area contributed by atoms with E-state index in [1.54, 1.807) is 18.5 Å². The third-order valence-corrected chi connectivity index (χ3v) is 7.26. The number of hydrogen-bond acceptors (Lipinski definition) is 4. The first-order chi connectivity index (χ1) is 12.1. The van der Waals surface area contributed by atoms with E-state index in [4.69, 9.17) is 0 Å². The van der Waals surface area contributed by atoms with Gasteiger partial charge in [-0.15, -0.1) is 11.3 Å². The molecule has 0 radical (unpaired) electrons. The SMILES string of the molecule is CCCCN(c1ccccc1)S(=O)(=O)c1ccc(-c2cccnc2)s1. The van der Waals surface area contributed by atoms with Gasteiger partial charge in [-0.3, -0.25) is 9.29 Å². The maximum absolute atomic E-state index is 13.2. The highest BCUT2D eigenvalue weighted by Crippen LogP contribution is 2.33. The van der Waals surface area contributed by atoms with Crippen molar-refractivity contribution in [1.29, 1.82) is 0 Å². The van der Waals surface area contributed by atoms with E-state index < -0.39 is 10.0 Å². The summed E-state index contributed by atoms with van der Waals surface area (Å²) in [7, 11) is -3.58. The quantitative estimate of drug-likeness (QED) is 0.598. The second-order valence-electron chi connectivity index (χ2n) is 5.63. The molecule has 3 rings (SSSR count). The summed E-state index contributed by atoms with van der Waals surface area (Å²) >= 11 is 1.28. The van der Waals surface area contributed by atoms with Crippen LogP contribution in [-0.4, -0.2) is 19.9 Å². The average molecular weight is 373 g/mol. The number of unbranched alkanes of at least 4 members (excludes halogenated alkanes) is 1. The summed E-state index contributed by atoms with van der Waals surface area (Å²) in [5.74, 6) is 0.